The molecule has 0 atom stereocenters. The van der Waals surface area contributed by atoms with Crippen molar-refractivity contribution in [3.63, 3.8) is 0 Å². The van der Waals surface area contributed by atoms with Crippen LogP contribution in [0.5, 0.6) is 11.5 Å². The number of carbonyl (C=O) groups excluding carboxylic acids is 1. The van der Waals surface area contributed by atoms with E-state index in [1.807, 2.05) is 36.5 Å². The number of aromatic nitrogens is 2. The summed E-state index contributed by atoms with van der Waals surface area (Å²) < 4.78 is 12.6. The van der Waals surface area contributed by atoms with Crippen LogP contribution in [0.3, 0.4) is 0 Å². The monoisotopic (exact) mass is 377 g/mol. The Morgan fingerprint density at radius 2 is 2.00 bits per heavy atom. The highest BCUT2D eigenvalue weighted by Gasteiger charge is 2.16. The van der Waals surface area contributed by atoms with Gasteiger partial charge in [0.25, 0.3) is 5.91 Å². The standard InChI is InChI=1S/C22H23N3O3/c1-4-8-16-13-18(14-20(27-2)21(16)28-3)22(26)23-15-17-9-5-6-10-19(17)25-12-7-11-24-25/h4-7,9-14H,1,8,15H2,2-3H3,(H,23,26). The van der Waals surface area contributed by atoms with Crippen LogP contribution < -0.4 is 14.8 Å². The number of nitrogens with one attached hydrogen (secondary N) is 1. The molecule has 0 fully saturated rings. The van der Waals surface area contributed by atoms with E-state index in [2.05, 4.69) is 17.0 Å². The highest BCUT2D eigenvalue weighted by molar-refractivity contribution is 5.95. The molecule has 144 valence electrons. The summed E-state index contributed by atoms with van der Waals surface area (Å²) in [7, 11) is 3.13. The van der Waals surface area contributed by atoms with E-state index in [1.54, 1.807) is 43.3 Å². The number of methoxy groups -OCH3 is 2. The van der Waals surface area contributed by atoms with Gasteiger partial charge >= 0.3 is 0 Å². The number of benzene rings is 2. The van der Waals surface area contributed by atoms with Gasteiger partial charge in [-0.15, -0.1) is 6.58 Å². The fourth-order valence-corrected chi connectivity index (χ4v) is 3.05. The molecule has 1 amide bonds. The first-order valence-electron chi connectivity index (χ1n) is 8.89. The Kier molecular flexibility index (Phi) is 6.11. The zero-order valence-corrected chi connectivity index (χ0v) is 16.0. The maximum atomic E-state index is 12.8. The van der Waals surface area contributed by atoms with Crippen molar-refractivity contribution in [1.29, 1.82) is 0 Å². The molecule has 1 N–H and O–H groups in total. The molecule has 0 radical (unpaired) electrons. The third kappa shape index (κ3) is 4.06. The number of carbonyl (C=O) groups is 1. The number of para-hydroxylation sites is 1. The number of allylic oxidation sites excluding steroid dienone is 1. The highest BCUT2D eigenvalue weighted by atomic mass is 16.5. The maximum Gasteiger partial charge on any atom is 0.251 e. The van der Waals surface area contributed by atoms with E-state index in [1.165, 1.54) is 0 Å². The summed E-state index contributed by atoms with van der Waals surface area (Å²) in [5.41, 5.74) is 3.24. The largest absolute Gasteiger partial charge is 0.493 e. The Balaban J connectivity index is 1.83. The predicted octanol–water partition coefficient (Wildman–Crippen LogP) is 3.55. The number of nitrogens with zero attached hydrogens (tertiary/aromatic N) is 2. The van der Waals surface area contributed by atoms with Crippen molar-refractivity contribution in [2.24, 2.45) is 0 Å². The van der Waals surface area contributed by atoms with Crippen LogP contribution in [0.15, 0.2) is 67.5 Å². The van der Waals surface area contributed by atoms with E-state index in [0.29, 0.717) is 30.0 Å². The molecule has 0 bridgehead atoms. The molecule has 0 saturated heterocycles. The Morgan fingerprint density at radius 1 is 1.18 bits per heavy atom. The molecular weight excluding hydrogens is 354 g/mol. The molecular formula is C22H23N3O3. The highest BCUT2D eigenvalue weighted by Crippen LogP contribution is 2.33. The summed E-state index contributed by atoms with van der Waals surface area (Å²) in [6.45, 7) is 4.14. The van der Waals surface area contributed by atoms with Crippen LogP contribution in [0.4, 0.5) is 0 Å². The van der Waals surface area contributed by atoms with Gasteiger partial charge in [0.1, 0.15) is 0 Å². The maximum absolute atomic E-state index is 12.8. The molecule has 0 spiro atoms. The lowest BCUT2D eigenvalue weighted by Gasteiger charge is -2.15. The van der Waals surface area contributed by atoms with Crippen molar-refractivity contribution >= 4 is 5.91 Å². The van der Waals surface area contributed by atoms with Gasteiger partial charge in [0.2, 0.25) is 0 Å². The van der Waals surface area contributed by atoms with Crippen LogP contribution in [-0.2, 0) is 13.0 Å². The molecule has 0 aliphatic rings. The smallest absolute Gasteiger partial charge is 0.251 e. The molecule has 1 aromatic heterocycles. The van der Waals surface area contributed by atoms with Crippen LogP contribution in [0.2, 0.25) is 0 Å². The molecule has 1 heterocycles. The molecule has 3 rings (SSSR count). The third-order valence-corrected chi connectivity index (χ3v) is 4.36. The zero-order valence-electron chi connectivity index (χ0n) is 16.0. The van der Waals surface area contributed by atoms with Crippen molar-refractivity contribution in [2.45, 2.75) is 13.0 Å². The van der Waals surface area contributed by atoms with Crippen molar-refractivity contribution in [3.8, 4) is 17.2 Å². The fourth-order valence-electron chi connectivity index (χ4n) is 3.05. The van der Waals surface area contributed by atoms with E-state index in [-0.39, 0.29) is 5.91 Å². The second kappa shape index (κ2) is 8.90. The summed E-state index contributed by atoms with van der Waals surface area (Å²) in [5, 5.41) is 7.24. The van der Waals surface area contributed by atoms with Gasteiger partial charge < -0.3 is 14.8 Å². The van der Waals surface area contributed by atoms with Crippen LogP contribution >= 0.6 is 0 Å². The van der Waals surface area contributed by atoms with Crippen molar-refractivity contribution < 1.29 is 14.3 Å². The van der Waals surface area contributed by atoms with Gasteiger partial charge in [-0.2, -0.15) is 5.10 Å². The minimum atomic E-state index is -0.193. The zero-order chi connectivity index (χ0) is 19.9. The molecule has 0 aliphatic carbocycles. The van der Waals surface area contributed by atoms with Gasteiger partial charge in [0, 0.05) is 30.1 Å². The van der Waals surface area contributed by atoms with Gasteiger partial charge in [-0.1, -0.05) is 24.3 Å². The van der Waals surface area contributed by atoms with E-state index in [0.717, 1.165) is 16.8 Å². The summed E-state index contributed by atoms with van der Waals surface area (Å²) in [4.78, 5) is 12.8. The van der Waals surface area contributed by atoms with E-state index < -0.39 is 0 Å². The van der Waals surface area contributed by atoms with Crippen molar-refractivity contribution in [1.82, 2.24) is 15.1 Å². The molecule has 2 aromatic carbocycles. The quantitative estimate of drug-likeness (QED) is 0.610. The van der Waals surface area contributed by atoms with Gasteiger partial charge in [-0.05, 0) is 36.2 Å². The normalized spacial score (nSPS) is 10.4. The minimum Gasteiger partial charge on any atom is -0.493 e. The first-order valence-corrected chi connectivity index (χ1v) is 8.89. The summed E-state index contributed by atoms with van der Waals surface area (Å²) >= 11 is 0. The summed E-state index contributed by atoms with van der Waals surface area (Å²) in [5.74, 6) is 0.938. The van der Waals surface area contributed by atoms with Crippen LogP contribution in [0, 0.1) is 0 Å². The van der Waals surface area contributed by atoms with E-state index >= 15 is 0 Å². The Morgan fingerprint density at radius 3 is 2.68 bits per heavy atom. The Bertz CT molecular complexity index is 965. The Labute approximate surface area is 164 Å². The molecule has 28 heavy (non-hydrogen) atoms. The lowest BCUT2D eigenvalue weighted by molar-refractivity contribution is 0.0950. The molecule has 0 unspecified atom stereocenters. The number of ether oxygens (including phenoxy) is 2. The second-order valence-corrected chi connectivity index (χ2v) is 6.13. The second-order valence-electron chi connectivity index (χ2n) is 6.13. The molecule has 6 heteroatoms. The van der Waals surface area contributed by atoms with Gasteiger partial charge in [0.05, 0.1) is 19.9 Å². The van der Waals surface area contributed by atoms with Crippen molar-refractivity contribution in [3.05, 3.63) is 84.2 Å². The average Bonchev–Trinajstić information content (AvgIpc) is 3.26. The first-order chi connectivity index (χ1) is 13.7. The summed E-state index contributed by atoms with van der Waals surface area (Å²) in [6, 6.07) is 13.2. The summed E-state index contributed by atoms with van der Waals surface area (Å²) in [6.07, 6.45) is 5.93. The van der Waals surface area contributed by atoms with Gasteiger partial charge in [0.15, 0.2) is 11.5 Å². The lowest BCUT2D eigenvalue weighted by Crippen LogP contribution is -2.24. The van der Waals surface area contributed by atoms with E-state index in [4.69, 9.17) is 9.47 Å². The van der Waals surface area contributed by atoms with Gasteiger partial charge in [-0.3, -0.25) is 4.79 Å². The average molecular weight is 377 g/mol. The number of rotatable bonds is 8. The van der Waals surface area contributed by atoms with Crippen LogP contribution in [0.1, 0.15) is 21.5 Å². The molecule has 3 aromatic rings. The SMILES string of the molecule is C=CCc1cc(C(=O)NCc2ccccc2-n2cccn2)cc(OC)c1OC. The lowest BCUT2D eigenvalue weighted by atomic mass is 10.0. The van der Waals surface area contributed by atoms with E-state index in [9.17, 15) is 4.79 Å². The van der Waals surface area contributed by atoms with Crippen LogP contribution in [0.25, 0.3) is 5.69 Å². The molecule has 0 saturated carbocycles. The van der Waals surface area contributed by atoms with Gasteiger partial charge in [-0.25, -0.2) is 4.68 Å². The third-order valence-electron chi connectivity index (χ3n) is 4.36. The molecule has 0 aliphatic heterocycles. The predicted molar refractivity (Wildman–Crippen MR) is 108 cm³/mol. The Hall–Kier alpha value is -3.54. The number of amides is 1. The number of hydrogen-bond donors (Lipinski definition) is 1. The number of hydrogen-bond acceptors (Lipinski definition) is 4. The first kappa shape index (κ1) is 19.2. The van der Waals surface area contributed by atoms with Crippen molar-refractivity contribution in [2.75, 3.05) is 14.2 Å². The van der Waals surface area contributed by atoms with Crippen LogP contribution in [-0.4, -0.2) is 29.9 Å². The molecule has 6 nitrogen and oxygen atoms in total. The minimum absolute atomic E-state index is 0.193. The topological polar surface area (TPSA) is 65.4 Å². The fraction of sp³-hybridized carbons (Fsp3) is 0.182.